The average molecular weight is 808 g/mol. The molecule has 0 fully saturated rings. The number of quaternary nitrogens is 1. The highest BCUT2D eigenvalue weighted by atomic mass is 31.2. The average Bonchev–Trinajstić information content (AvgIpc) is 3.14. The summed E-state index contributed by atoms with van der Waals surface area (Å²) in [6.07, 6.45) is 47.2. The fraction of sp³-hybridized carbons (Fsp3) is 0.717. The van der Waals surface area contributed by atoms with E-state index in [1.807, 2.05) is 34.1 Å². The molecular weight excluding hydrogens is 725 g/mol. The van der Waals surface area contributed by atoms with E-state index >= 15 is 0 Å². The lowest BCUT2D eigenvalue weighted by atomic mass is 10.1. The minimum atomic E-state index is -4.54. The maximum Gasteiger partial charge on any atom is 0.305 e. The number of likely N-dealkylation sites (N-methyl/N-ethyl adjacent to an activating group) is 1. The van der Waals surface area contributed by atoms with E-state index < -0.39 is 13.9 Å². The molecule has 0 heterocycles. The number of allylic oxidation sites excluding steroid dienone is 11. The van der Waals surface area contributed by atoms with E-state index in [1.165, 1.54) is 64.2 Å². The molecule has 0 aliphatic carbocycles. The third kappa shape index (κ3) is 42.9. The molecule has 324 valence electrons. The number of esters is 1. The van der Waals surface area contributed by atoms with Gasteiger partial charge in [-0.25, -0.2) is 0 Å². The van der Waals surface area contributed by atoms with Crippen molar-refractivity contribution in [2.24, 2.45) is 0 Å². The van der Waals surface area contributed by atoms with Crippen LogP contribution in [0.5, 0.6) is 0 Å². The lowest BCUT2D eigenvalue weighted by Gasteiger charge is -2.28. The Hall–Kier alpha value is -2.26. The van der Waals surface area contributed by atoms with E-state index in [1.54, 1.807) is 6.26 Å². The topological polar surface area (TPSA) is 114 Å². The molecule has 0 aromatic heterocycles. The highest BCUT2D eigenvalue weighted by molar-refractivity contribution is 7.45. The van der Waals surface area contributed by atoms with Crippen molar-refractivity contribution >= 4 is 13.8 Å². The SMILES string of the molecule is CCCCCC/C=C\CCCCCCCC/C=C/O[C@H](COC(=O)CCC/C=C\C/C=C\C/C=C\C/C=C\CCC[C@@H](C)O)COP(=O)([O-])OCC[N+](C)(C)C. The number of unbranched alkanes of at least 4 members (excludes halogenated alkanes) is 13. The van der Waals surface area contributed by atoms with Crippen molar-refractivity contribution in [1.29, 1.82) is 0 Å². The molecule has 0 spiro atoms. The fourth-order valence-corrected chi connectivity index (χ4v) is 6.09. The van der Waals surface area contributed by atoms with Crippen LogP contribution in [0.3, 0.4) is 0 Å². The smallest absolute Gasteiger partial charge is 0.305 e. The molecule has 1 unspecified atom stereocenters. The number of carbonyl (C=O) groups excluding carboxylic acids is 1. The molecule has 0 aromatic carbocycles. The number of ether oxygens (including phenoxy) is 2. The van der Waals surface area contributed by atoms with Gasteiger partial charge in [0.05, 0.1) is 40.1 Å². The third-order valence-electron chi connectivity index (χ3n) is 8.84. The molecule has 1 N–H and O–H groups in total. The molecule has 0 rings (SSSR count). The first-order chi connectivity index (χ1) is 26.9. The maximum absolute atomic E-state index is 12.5. The van der Waals surface area contributed by atoms with Gasteiger partial charge >= 0.3 is 5.97 Å². The largest absolute Gasteiger partial charge is 0.756 e. The van der Waals surface area contributed by atoms with Gasteiger partial charge in [-0.2, -0.15) is 0 Å². The summed E-state index contributed by atoms with van der Waals surface area (Å²) >= 11 is 0. The number of hydrogen-bond donors (Lipinski definition) is 1. The van der Waals surface area contributed by atoms with Gasteiger partial charge in [-0.1, -0.05) is 113 Å². The number of rotatable bonds is 39. The van der Waals surface area contributed by atoms with Crippen LogP contribution in [0.4, 0.5) is 0 Å². The van der Waals surface area contributed by atoms with Gasteiger partial charge in [0.2, 0.25) is 0 Å². The molecule has 0 aliphatic rings. The summed E-state index contributed by atoms with van der Waals surface area (Å²) in [6.45, 7) is 4.15. The predicted octanol–water partition coefficient (Wildman–Crippen LogP) is 11.4. The van der Waals surface area contributed by atoms with Crippen LogP contribution in [-0.4, -0.2) is 75.3 Å². The van der Waals surface area contributed by atoms with E-state index in [2.05, 4.69) is 67.7 Å². The molecule has 0 aromatic rings. The van der Waals surface area contributed by atoms with Crippen LogP contribution < -0.4 is 4.89 Å². The summed E-state index contributed by atoms with van der Waals surface area (Å²) in [6, 6.07) is 0. The van der Waals surface area contributed by atoms with Gasteiger partial charge in [0, 0.05) is 6.42 Å². The Morgan fingerprint density at radius 1 is 0.661 bits per heavy atom. The highest BCUT2D eigenvalue weighted by Crippen LogP contribution is 2.38. The third-order valence-corrected chi connectivity index (χ3v) is 9.80. The van der Waals surface area contributed by atoms with Gasteiger partial charge in [-0.15, -0.1) is 0 Å². The Bertz CT molecular complexity index is 1140. The van der Waals surface area contributed by atoms with Crippen LogP contribution in [-0.2, 0) is 27.9 Å². The van der Waals surface area contributed by atoms with Gasteiger partial charge < -0.3 is 33.0 Å². The lowest BCUT2D eigenvalue weighted by molar-refractivity contribution is -0.870. The Morgan fingerprint density at radius 2 is 1.14 bits per heavy atom. The Kier molecular flexibility index (Phi) is 36.7. The monoisotopic (exact) mass is 808 g/mol. The molecule has 3 atom stereocenters. The summed E-state index contributed by atoms with van der Waals surface area (Å²) in [5, 5.41) is 9.27. The minimum absolute atomic E-state index is 0.00875. The molecule has 56 heavy (non-hydrogen) atoms. The summed E-state index contributed by atoms with van der Waals surface area (Å²) in [5.74, 6) is -0.361. The van der Waals surface area contributed by atoms with E-state index in [0.717, 1.165) is 64.2 Å². The summed E-state index contributed by atoms with van der Waals surface area (Å²) in [4.78, 5) is 24.8. The molecule has 0 radical (unpaired) electrons. The highest BCUT2D eigenvalue weighted by Gasteiger charge is 2.19. The van der Waals surface area contributed by atoms with Crippen molar-refractivity contribution in [3.05, 3.63) is 73.1 Å². The van der Waals surface area contributed by atoms with Crippen LogP contribution >= 0.6 is 7.82 Å². The Balaban J connectivity index is 4.41. The number of hydrogen-bond acceptors (Lipinski definition) is 8. The summed E-state index contributed by atoms with van der Waals surface area (Å²) < 4.78 is 34.3. The van der Waals surface area contributed by atoms with Gasteiger partial charge in [0.15, 0.2) is 6.10 Å². The van der Waals surface area contributed by atoms with Gasteiger partial charge in [-0.05, 0) is 103 Å². The van der Waals surface area contributed by atoms with Crippen LogP contribution in [0, 0.1) is 0 Å². The Labute approximate surface area is 343 Å². The van der Waals surface area contributed by atoms with Gasteiger partial charge in [0.25, 0.3) is 7.82 Å². The number of nitrogens with zero attached hydrogens (tertiary/aromatic N) is 1. The molecule has 9 nitrogen and oxygen atoms in total. The summed E-state index contributed by atoms with van der Waals surface area (Å²) in [7, 11) is 1.30. The quantitative estimate of drug-likeness (QED) is 0.0163. The Morgan fingerprint density at radius 3 is 1.70 bits per heavy atom. The number of carbonyl (C=O) groups is 1. The summed E-state index contributed by atoms with van der Waals surface area (Å²) in [5.41, 5.74) is 0. The molecule has 0 saturated heterocycles. The molecule has 0 aliphatic heterocycles. The standard InChI is InChI=1S/C46H82NO8P/c1-6-7-8-9-10-11-12-13-14-18-21-24-27-30-33-36-40-52-45(43-55-56(50,51)54-41-39-47(3,4)5)42-53-46(49)38-35-32-29-26-23-20-17-15-16-19-22-25-28-31-34-37-44(2)48/h11-12,16-17,19-20,25-26,28-29,36,40,44-45,48H,6-10,13-15,18,21-24,27,30-35,37-39,41-43H2,1-5H3/b12-11-,19-16-,20-17-,28-25-,29-26-,40-36+/t44-,45-/m1/s1. The fourth-order valence-electron chi connectivity index (χ4n) is 5.36. The molecule has 0 saturated carbocycles. The second-order valence-electron chi connectivity index (χ2n) is 15.7. The molecular formula is C46H82NO8P. The van der Waals surface area contributed by atoms with Crippen LogP contribution in [0.2, 0.25) is 0 Å². The van der Waals surface area contributed by atoms with Gasteiger partial charge in [-0.3, -0.25) is 9.36 Å². The normalized spacial score (nSPS) is 15.0. The van der Waals surface area contributed by atoms with Crippen molar-refractivity contribution < 1.29 is 42.4 Å². The number of phosphoric acid groups is 1. The van der Waals surface area contributed by atoms with Crippen molar-refractivity contribution in [2.75, 3.05) is 47.5 Å². The van der Waals surface area contributed by atoms with E-state index in [4.69, 9.17) is 18.5 Å². The minimum Gasteiger partial charge on any atom is -0.756 e. The first kappa shape index (κ1) is 53.7. The van der Waals surface area contributed by atoms with Gasteiger partial charge in [0.1, 0.15) is 19.8 Å². The second-order valence-corrected chi connectivity index (χ2v) is 17.1. The number of phosphoric ester groups is 1. The van der Waals surface area contributed by atoms with Crippen molar-refractivity contribution in [1.82, 2.24) is 0 Å². The number of aliphatic hydroxyl groups is 1. The van der Waals surface area contributed by atoms with Crippen LogP contribution in [0.15, 0.2) is 73.1 Å². The molecule has 0 amide bonds. The van der Waals surface area contributed by atoms with Crippen LogP contribution in [0.25, 0.3) is 0 Å². The maximum atomic E-state index is 12.5. The van der Waals surface area contributed by atoms with Crippen molar-refractivity contribution in [3.63, 3.8) is 0 Å². The van der Waals surface area contributed by atoms with E-state index in [9.17, 15) is 19.4 Å². The van der Waals surface area contributed by atoms with Crippen molar-refractivity contribution in [2.45, 2.75) is 167 Å². The number of aliphatic hydroxyl groups excluding tert-OH is 1. The zero-order chi connectivity index (χ0) is 41.4. The van der Waals surface area contributed by atoms with E-state index in [0.29, 0.717) is 17.4 Å². The second kappa shape index (κ2) is 38.3. The molecule has 10 heteroatoms. The first-order valence-corrected chi connectivity index (χ1v) is 23.2. The zero-order valence-corrected chi connectivity index (χ0v) is 37.1. The first-order valence-electron chi connectivity index (χ1n) is 21.7. The predicted molar refractivity (Wildman–Crippen MR) is 232 cm³/mol. The molecule has 0 bridgehead atoms. The van der Waals surface area contributed by atoms with Crippen molar-refractivity contribution in [3.8, 4) is 0 Å². The zero-order valence-electron chi connectivity index (χ0n) is 36.2. The lowest BCUT2D eigenvalue weighted by Crippen LogP contribution is -2.37. The van der Waals surface area contributed by atoms with E-state index in [-0.39, 0.29) is 38.3 Å². The van der Waals surface area contributed by atoms with Crippen LogP contribution in [0.1, 0.15) is 155 Å².